The number of hydrogen-bond acceptors (Lipinski definition) is 4. The van der Waals surface area contributed by atoms with Crippen LogP contribution in [-0.4, -0.2) is 52.4 Å². The highest BCUT2D eigenvalue weighted by Gasteiger charge is 2.19. The van der Waals surface area contributed by atoms with Gasteiger partial charge in [0, 0.05) is 39.3 Å². The highest BCUT2D eigenvalue weighted by atomic mass is 15.0. The second kappa shape index (κ2) is 15.2. The maximum absolute atomic E-state index is 3.93. The van der Waals surface area contributed by atoms with Gasteiger partial charge in [-0.1, -0.05) is 12.2 Å². The molecule has 0 aliphatic heterocycles. The second-order valence-corrected chi connectivity index (χ2v) is 8.94. The molecule has 0 unspecified atom stereocenters. The third-order valence-corrected chi connectivity index (χ3v) is 6.75. The Kier molecular flexibility index (Phi) is 12.8. The number of hydrogen-bond donors (Lipinski definition) is 4. The molecule has 4 N–H and O–H groups in total. The van der Waals surface area contributed by atoms with E-state index < -0.39 is 0 Å². The lowest BCUT2D eigenvalue weighted by Gasteiger charge is -2.26. The first-order valence-electron chi connectivity index (χ1n) is 11.9. The molecule has 2 aliphatic carbocycles. The summed E-state index contributed by atoms with van der Waals surface area (Å²) in [5.41, 5.74) is 0. The van der Waals surface area contributed by atoms with Crippen LogP contribution in [-0.2, 0) is 0 Å². The lowest BCUT2D eigenvalue weighted by atomic mass is 9.82. The molecule has 0 atom stereocenters. The fourth-order valence-corrected chi connectivity index (χ4v) is 4.65. The molecule has 4 nitrogen and oxygen atoms in total. The molecule has 0 aromatic heterocycles. The van der Waals surface area contributed by atoms with Crippen LogP contribution in [0.5, 0.6) is 0 Å². The first-order valence-corrected chi connectivity index (χ1v) is 11.9. The van der Waals surface area contributed by atoms with E-state index in [0.29, 0.717) is 0 Å². The van der Waals surface area contributed by atoms with Gasteiger partial charge in [0.25, 0.3) is 0 Å². The van der Waals surface area contributed by atoms with Gasteiger partial charge >= 0.3 is 0 Å². The first kappa shape index (κ1) is 23.6. The van der Waals surface area contributed by atoms with Crippen LogP contribution in [0.15, 0.2) is 25.3 Å². The Bertz CT molecular complexity index is 357. The van der Waals surface area contributed by atoms with Crippen molar-refractivity contribution in [3.05, 3.63) is 25.3 Å². The SMILES string of the molecule is C=CC1CCC(CNCCNCCNCCNCC2CCC(C=C)CC2)CC1. The van der Waals surface area contributed by atoms with Crippen molar-refractivity contribution in [3.63, 3.8) is 0 Å². The van der Waals surface area contributed by atoms with E-state index in [1.54, 1.807) is 0 Å². The molecule has 4 heteroatoms. The summed E-state index contributed by atoms with van der Waals surface area (Å²) >= 11 is 0. The summed E-state index contributed by atoms with van der Waals surface area (Å²) in [6.45, 7) is 16.6. The molecule has 0 bridgehead atoms. The van der Waals surface area contributed by atoms with Gasteiger partial charge in [-0.15, -0.1) is 13.2 Å². The molecule has 0 spiro atoms. The standard InChI is InChI=1S/C24H46N4/c1-3-21-5-9-23(10-6-21)19-27-17-15-25-13-14-26-16-18-28-20-24-11-7-22(4-2)8-12-24/h3-4,21-28H,1-2,5-20H2. The van der Waals surface area contributed by atoms with E-state index >= 15 is 0 Å². The van der Waals surface area contributed by atoms with E-state index in [1.807, 2.05) is 0 Å². The zero-order valence-corrected chi connectivity index (χ0v) is 18.2. The molecule has 28 heavy (non-hydrogen) atoms. The van der Waals surface area contributed by atoms with Crippen LogP contribution >= 0.6 is 0 Å². The molecule has 162 valence electrons. The van der Waals surface area contributed by atoms with Crippen molar-refractivity contribution in [2.24, 2.45) is 23.7 Å². The maximum Gasteiger partial charge on any atom is 0.00772 e. The summed E-state index contributed by atoms with van der Waals surface area (Å²) in [6.07, 6.45) is 15.1. The molecule has 0 heterocycles. The van der Waals surface area contributed by atoms with E-state index in [1.165, 1.54) is 64.5 Å². The van der Waals surface area contributed by atoms with Crippen LogP contribution in [0.3, 0.4) is 0 Å². The molecular weight excluding hydrogens is 344 g/mol. The molecule has 0 aromatic carbocycles. The van der Waals surface area contributed by atoms with Gasteiger partial charge in [-0.25, -0.2) is 0 Å². The lowest BCUT2D eigenvalue weighted by molar-refractivity contribution is 0.300. The first-order chi connectivity index (χ1) is 13.8. The van der Waals surface area contributed by atoms with E-state index in [0.717, 1.165) is 62.9 Å². The van der Waals surface area contributed by atoms with Crippen molar-refractivity contribution in [2.75, 3.05) is 52.4 Å². The van der Waals surface area contributed by atoms with Crippen LogP contribution in [0.2, 0.25) is 0 Å². The van der Waals surface area contributed by atoms with Gasteiger partial charge in [0.2, 0.25) is 0 Å². The topological polar surface area (TPSA) is 48.1 Å². The van der Waals surface area contributed by atoms with Crippen LogP contribution in [0, 0.1) is 23.7 Å². The molecular formula is C24H46N4. The molecule has 0 amide bonds. The number of nitrogens with one attached hydrogen (secondary N) is 4. The van der Waals surface area contributed by atoms with Gasteiger partial charge in [-0.05, 0) is 88.1 Å². The van der Waals surface area contributed by atoms with Gasteiger partial charge < -0.3 is 21.3 Å². The Labute approximate surface area is 174 Å². The Hall–Kier alpha value is -0.680. The molecule has 2 fully saturated rings. The molecule has 0 saturated heterocycles. The van der Waals surface area contributed by atoms with Gasteiger partial charge in [0.1, 0.15) is 0 Å². The second-order valence-electron chi connectivity index (χ2n) is 8.94. The largest absolute Gasteiger partial charge is 0.315 e. The van der Waals surface area contributed by atoms with Crippen LogP contribution < -0.4 is 21.3 Å². The Morgan fingerprint density at radius 1 is 0.500 bits per heavy atom. The van der Waals surface area contributed by atoms with Crippen molar-refractivity contribution in [1.29, 1.82) is 0 Å². The summed E-state index contributed by atoms with van der Waals surface area (Å²) in [7, 11) is 0. The van der Waals surface area contributed by atoms with Gasteiger partial charge in [0.05, 0.1) is 0 Å². The minimum absolute atomic E-state index is 0.776. The molecule has 0 radical (unpaired) electrons. The van der Waals surface area contributed by atoms with E-state index in [-0.39, 0.29) is 0 Å². The maximum atomic E-state index is 3.93. The van der Waals surface area contributed by atoms with Crippen molar-refractivity contribution in [2.45, 2.75) is 51.4 Å². The van der Waals surface area contributed by atoms with E-state index in [4.69, 9.17) is 0 Å². The molecule has 0 aromatic rings. The number of rotatable bonds is 15. The van der Waals surface area contributed by atoms with E-state index in [9.17, 15) is 0 Å². The van der Waals surface area contributed by atoms with Crippen molar-refractivity contribution < 1.29 is 0 Å². The predicted molar refractivity (Wildman–Crippen MR) is 123 cm³/mol. The lowest BCUT2D eigenvalue weighted by Crippen LogP contribution is -2.37. The fourth-order valence-electron chi connectivity index (χ4n) is 4.65. The van der Waals surface area contributed by atoms with Crippen molar-refractivity contribution in [3.8, 4) is 0 Å². The highest BCUT2D eigenvalue weighted by molar-refractivity contribution is 4.85. The van der Waals surface area contributed by atoms with Gasteiger partial charge in [-0.3, -0.25) is 0 Å². The normalized spacial score (nSPS) is 28.1. The Balaban J connectivity index is 1.28. The minimum atomic E-state index is 0.776. The zero-order valence-electron chi connectivity index (χ0n) is 18.2. The van der Waals surface area contributed by atoms with Crippen molar-refractivity contribution in [1.82, 2.24) is 21.3 Å². The fraction of sp³-hybridized carbons (Fsp3) is 0.833. The summed E-state index contributed by atoms with van der Waals surface area (Å²) in [5.74, 6) is 3.31. The number of allylic oxidation sites excluding steroid dienone is 2. The quantitative estimate of drug-likeness (QED) is 0.256. The Morgan fingerprint density at radius 2 is 0.821 bits per heavy atom. The molecule has 2 aliphatic rings. The van der Waals surface area contributed by atoms with Crippen LogP contribution in [0.4, 0.5) is 0 Å². The highest BCUT2D eigenvalue weighted by Crippen LogP contribution is 2.29. The van der Waals surface area contributed by atoms with Gasteiger partial charge in [0.15, 0.2) is 0 Å². The minimum Gasteiger partial charge on any atom is -0.315 e. The van der Waals surface area contributed by atoms with Crippen LogP contribution in [0.1, 0.15) is 51.4 Å². The summed E-state index contributed by atoms with van der Waals surface area (Å²) in [5, 5.41) is 14.3. The average molecular weight is 391 g/mol. The van der Waals surface area contributed by atoms with Crippen molar-refractivity contribution >= 4 is 0 Å². The zero-order chi connectivity index (χ0) is 19.9. The molecule has 2 rings (SSSR count). The Morgan fingerprint density at radius 3 is 1.14 bits per heavy atom. The summed E-state index contributed by atoms with van der Waals surface area (Å²) < 4.78 is 0. The van der Waals surface area contributed by atoms with Crippen LogP contribution in [0.25, 0.3) is 0 Å². The smallest absolute Gasteiger partial charge is 0.00772 e. The third-order valence-electron chi connectivity index (χ3n) is 6.75. The van der Waals surface area contributed by atoms with E-state index in [2.05, 4.69) is 46.6 Å². The molecule has 2 saturated carbocycles. The predicted octanol–water partition coefficient (Wildman–Crippen LogP) is 3.33. The van der Waals surface area contributed by atoms with Gasteiger partial charge in [-0.2, -0.15) is 0 Å². The summed E-state index contributed by atoms with van der Waals surface area (Å²) in [6, 6.07) is 0. The summed E-state index contributed by atoms with van der Waals surface area (Å²) in [4.78, 5) is 0. The monoisotopic (exact) mass is 390 g/mol. The average Bonchev–Trinajstić information content (AvgIpc) is 2.75. The third kappa shape index (κ3) is 10.2.